The molecule has 0 saturated heterocycles. The van der Waals surface area contributed by atoms with Gasteiger partial charge in [-0.1, -0.05) is 77.9 Å². The Bertz CT molecular complexity index is 1350. The molecule has 0 aliphatic carbocycles. The smallest absolute Gasteiger partial charge is 0.0709 e. The van der Waals surface area contributed by atoms with Gasteiger partial charge in [0.1, 0.15) is 0 Å². The molecule has 0 saturated carbocycles. The second-order valence-corrected chi connectivity index (χ2v) is 8.36. The third kappa shape index (κ3) is 4.70. The molecule has 5 aromatic rings. The fourth-order valence-corrected chi connectivity index (χ4v) is 3.93. The molecule has 0 amide bonds. The van der Waals surface area contributed by atoms with E-state index in [-0.39, 0.29) is 0 Å². The molecule has 2 heteroatoms. The van der Waals surface area contributed by atoms with Gasteiger partial charge in [-0.2, -0.15) is 0 Å². The first-order valence-corrected chi connectivity index (χ1v) is 11.2. The summed E-state index contributed by atoms with van der Waals surface area (Å²) in [5.41, 5.74) is 9.04. The fraction of sp³-hybridized carbons (Fsp3) is 0.0645. The minimum absolute atomic E-state index is 0.957. The lowest BCUT2D eigenvalue weighted by Crippen LogP contribution is -2.09. The molecule has 2 nitrogen and oxygen atoms in total. The van der Waals surface area contributed by atoms with Crippen LogP contribution in [0, 0.1) is 13.8 Å². The molecular formula is C31H26N2. The van der Waals surface area contributed by atoms with Crippen molar-refractivity contribution in [2.75, 3.05) is 4.90 Å². The molecule has 0 radical (unpaired) electrons. The van der Waals surface area contributed by atoms with Crippen LogP contribution in [0.3, 0.4) is 0 Å². The molecule has 33 heavy (non-hydrogen) atoms. The molecule has 0 N–H and O–H groups in total. The molecule has 0 unspecified atom stereocenters. The van der Waals surface area contributed by atoms with Gasteiger partial charge >= 0.3 is 0 Å². The molecule has 1 heterocycles. The molecule has 1 aromatic heterocycles. The SMILES string of the molecule is Cc1ccc(N(c2ccc(C)cc2)c2ccc(/C=C/c3ccc4ccccc4n3)cc2)cc1. The lowest BCUT2D eigenvalue weighted by Gasteiger charge is -2.25. The zero-order valence-corrected chi connectivity index (χ0v) is 18.9. The van der Waals surface area contributed by atoms with Crippen LogP contribution in [0.25, 0.3) is 23.1 Å². The van der Waals surface area contributed by atoms with E-state index in [2.05, 4.69) is 122 Å². The molecule has 0 aliphatic rings. The Hall–Kier alpha value is -4.17. The number of aryl methyl sites for hydroxylation is 2. The van der Waals surface area contributed by atoms with E-state index in [1.807, 2.05) is 18.2 Å². The molecular weight excluding hydrogens is 400 g/mol. The van der Waals surface area contributed by atoms with Crippen molar-refractivity contribution in [2.45, 2.75) is 13.8 Å². The Balaban J connectivity index is 1.44. The number of hydrogen-bond acceptors (Lipinski definition) is 2. The summed E-state index contributed by atoms with van der Waals surface area (Å²) in [6.07, 6.45) is 4.18. The maximum Gasteiger partial charge on any atom is 0.0709 e. The first-order valence-electron chi connectivity index (χ1n) is 11.2. The number of aromatic nitrogens is 1. The van der Waals surface area contributed by atoms with E-state index in [1.165, 1.54) is 11.1 Å². The average molecular weight is 427 g/mol. The zero-order valence-electron chi connectivity index (χ0n) is 18.9. The summed E-state index contributed by atoms with van der Waals surface area (Å²) in [7, 11) is 0. The third-order valence-corrected chi connectivity index (χ3v) is 5.80. The summed E-state index contributed by atoms with van der Waals surface area (Å²) >= 11 is 0. The van der Waals surface area contributed by atoms with Crippen molar-refractivity contribution in [3.63, 3.8) is 0 Å². The van der Waals surface area contributed by atoms with Gasteiger partial charge in [-0.3, -0.25) is 0 Å². The van der Waals surface area contributed by atoms with E-state index >= 15 is 0 Å². The quantitative estimate of drug-likeness (QED) is 0.280. The predicted octanol–water partition coefficient (Wildman–Crippen LogP) is 8.49. The van der Waals surface area contributed by atoms with Crippen LogP contribution in [0.15, 0.2) is 109 Å². The van der Waals surface area contributed by atoms with Gasteiger partial charge in [0.2, 0.25) is 0 Å². The van der Waals surface area contributed by atoms with E-state index in [1.54, 1.807) is 0 Å². The number of rotatable bonds is 5. The summed E-state index contributed by atoms with van der Waals surface area (Å²) < 4.78 is 0. The predicted molar refractivity (Wildman–Crippen MR) is 141 cm³/mol. The van der Waals surface area contributed by atoms with Gasteiger partial charge in [0.25, 0.3) is 0 Å². The molecule has 0 spiro atoms. The molecule has 0 aliphatic heterocycles. The van der Waals surface area contributed by atoms with Gasteiger partial charge in [0, 0.05) is 22.4 Å². The second kappa shape index (κ2) is 9.13. The van der Waals surface area contributed by atoms with Gasteiger partial charge < -0.3 is 4.90 Å². The Kier molecular flexibility index (Phi) is 5.73. The van der Waals surface area contributed by atoms with Gasteiger partial charge in [-0.05, 0) is 74.0 Å². The van der Waals surface area contributed by atoms with Crippen molar-refractivity contribution in [2.24, 2.45) is 0 Å². The molecule has 0 bridgehead atoms. The highest BCUT2D eigenvalue weighted by Gasteiger charge is 2.12. The zero-order chi connectivity index (χ0) is 22.6. The van der Waals surface area contributed by atoms with E-state index < -0.39 is 0 Å². The average Bonchev–Trinajstić information content (AvgIpc) is 2.86. The highest BCUT2D eigenvalue weighted by atomic mass is 15.1. The van der Waals surface area contributed by atoms with Crippen molar-refractivity contribution >= 4 is 40.1 Å². The van der Waals surface area contributed by atoms with Crippen LogP contribution in [0.4, 0.5) is 17.1 Å². The van der Waals surface area contributed by atoms with Crippen molar-refractivity contribution in [1.29, 1.82) is 0 Å². The molecule has 0 atom stereocenters. The minimum atomic E-state index is 0.957. The maximum absolute atomic E-state index is 4.73. The normalized spacial score (nSPS) is 11.2. The second-order valence-electron chi connectivity index (χ2n) is 8.36. The Morgan fingerprint density at radius 1 is 0.545 bits per heavy atom. The van der Waals surface area contributed by atoms with Gasteiger partial charge in [-0.25, -0.2) is 4.98 Å². The first kappa shape index (κ1) is 20.7. The molecule has 4 aromatic carbocycles. The van der Waals surface area contributed by atoms with Crippen LogP contribution in [0.1, 0.15) is 22.4 Å². The van der Waals surface area contributed by atoms with Crippen LogP contribution in [-0.2, 0) is 0 Å². The number of pyridine rings is 1. The molecule has 0 fully saturated rings. The number of benzene rings is 4. The first-order chi connectivity index (χ1) is 16.2. The summed E-state index contributed by atoms with van der Waals surface area (Å²) in [6, 6.07) is 38.4. The van der Waals surface area contributed by atoms with E-state index in [0.717, 1.165) is 39.2 Å². The Morgan fingerprint density at radius 3 is 1.70 bits per heavy atom. The maximum atomic E-state index is 4.73. The molecule has 5 rings (SSSR count). The van der Waals surface area contributed by atoms with Crippen molar-refractivity contribution < 1.29 is 0 Å². The fourth-order valence-electron chi connectivity index (χ4n) is 3.93. The summed E-state index contributed by atoms with van der Waals surface area (Å²) in [6.45, 7) is 4.23. The largest absolute Gasteiger partial charge is 0.311 e. The number of fused-ring (bicyclic) bond motifs is 1. The van der Waals surface area contributed by atoms with Crippen LogP contribution in [-0.4, -0.2) is 4.98 Å². The van der Waals surface area contributed by atoms with E-state index in [0.29, 0.717) is 0 Å². The van der Waals surface area contributed by atoms with Crippen molar-refractivity contribution in [3.8, 4) is 0 Å². The lowest BCUT2D eigenvalue weighted by atomic mass is 10.1. The minimum Gasteiger partial charge on any atom is -0.311 e. The van der Waals surface area contributed by atoms with Crippen LogP contribution in [0.2, 0.25) is 0 Å². The highest BCUT2D eigenvalue weighted by molar-refractivity contribution is 5.81. The standard InChI is InChI=1S/C31H26N2/c1-23-7-17-28(18-8-23)33(29-19-9-24(2)10-20-29)30-21-12-25(13-22-30)11-15-27-16-14-26-5-3-4-6-31(26)32-27/h3-22H,1-2H3/b15-11+. The number of anilines is 3. The summed E-state index contributed by atoms with van der Waals surface area (Å²) in [4.78, 5) is 7.02. The van der Waals surface area contributed by atoms with Gasteiger partial charge in [-0.15, -0.1) is 0 Å². The summed E-state index contributed by atoms with van der Waals surface area (Å²) in [5.74, 6) is 0. The van der Waals surface area contributed by atoms with Gasteiger partial charge in [0.05, 0.1) is 11.2 Å². The van der Waals surface area contributed by atoms with Crippen molar-refractivity contribution in [1.82, 2.24) is 4.98 Å². The van der Waals surface area contributed by atoms with Crippen LogP contribution in [0.5, 0.6) is 0 Å². The van der Waals surface area contributed by atoms with E-state index in [4.69, 9.17) is 4.98 Å². The third-order valence-electron chi connectivity index (χ3n) is 5.80. The Labute approximate surface area is 195 Å². The number of para-hydroxylation sites is 1. The highest BCUT2D eigenvalue weighted by Crippen LogP contribution is 2.34. The molecule has 160 valence electrons. The lowest BCUT2D eigenvalue weighted by molar-refractivity contribution is 1.27. The summed E-state index contributed by atoms with van der Waals surface area (Å²) in [5, 5.41) is 1.16. The van der Waals surface area contributed by atoms with Crippen LogP contribution < -0.4 is 4.90 Å². The topological polar surface area (TPSA) is 16.1 Å². The van der Waals surface area contributed by atoms with Crippen LogP contribution >= 0.6 is 0 Å². The number of hydrogen-bond donors (Lipinski definition) is 0. The Morgan fingerprint density at radius 2 is 1.09 bits per heavy atom. The number of nitrogens with zero attached hydrogens (tertiary/aromatic N) is 2. The van der Waals surface area contributed by atoms with Gasteiger partial charge in [0.15, 0.2) is 0 Å². The monoisotopic (exact) mass is 426 g/mol. The van der Waals surface area contributed by atoms with Crippen molar-refractivity contribution in [3.05, 3.63) is 132 Å². The van der Waals surface area contributed by atoms with E-state index in [9.17, 15) is 0 Å².